The van der Waals surface area contributed by atoms with Gasteiger partial charge in [0.1, 0.15) is 5.75 Å². The van der Waals surface area contributed by atoms with Crippen molar-refractivity contribution in [3.63, 3.8) is 0 Å². The maximum Gasteiger partial charge on any atom is 0.119 e. The first-order valence-electron chi connectivity index (χ1n) is 3.51. The van der Waals surface area contributed by atoms with Gasteiger partial charge in [0, 0.05) is 17.8 Å². The third-order valence-electron chi connectivity index (χ3n) is 1.77. The lowest BCUT2D eigenvalue weighted by Gasteiger charge is -1.97. The Morgan fingerprint density at radius 2 is 2.00 bits per heavy atom. The molecule has 2 rings (SSSR count). The number of aromatic amines is 1. The molecule has 2 nitrogen and oxygen atoms in total. The van der Waals surface area contributed by atoms with Crippen LogP contribution in [0.15, 0.2) is 30.6 Å². The summed E-state index contributed by atoms with van der Waals surface area (Å²) in [5.74, 6) is 0.900. The lowest BCUT2D eigenvalue weighted by Crippen LogP contribution is -1.79. The van der Waals surface area contributed by atoms with Gasteiger partial charge in [-0.3, -0.25) is 0 Å². The van der Waals surface area contributed by atoms with Crippen LogP contribution in [0, 0.1) is 0 Å². The van der Waals surface area contributed by atoms with E-state index in [0.717, 1.165) is 5.75 Å². The van der Waals surface area contributed by atoms with E-state index in [9.17, 15) is 0 Å². The number of hydrogen-bond acceptors (Lipinski definition) is 1. The zero-order chi connectivity index (χ0) is 7.68. The summed E-state index contributed by atoms with van der Waals surface area (Å²) in [5, 5.41) is 2.40. The summed E-state index contributed by atoms with van der Waals surface area (Å²) in [7, 11) is 1.67. The molecule has 0 saturated heterocycles. The second kappa shape index (κ2) is 2.31. The van der Waals surface area contributed by atoms with Gasteiger partial charge in [-0.25, -0.2) is 0 Å². The molecule has 1 aromatic heterocycles. The Hall–Kier alpha value is -1.44. The molecule has 0 unspecified atom stereocenters. The van der Waals surface area contributed by atoms with Gasteiger partial charge in [-0.2, -0.15) is 0 Å². The fourth-order valence-corrected chi connectivity index (χ4v) is 1.16. The zero-order valence-corrected chi connectivity index (χ0v) is 6.29. The number of fused-ring (bicyclic) bond motifs is 1. The summed E-state index contributed by atoms with van der Waals surface area (Å²) in [4.78, 5) is 3.03. The van der Waals surface area contributed by atoms with Crippen molar-refractivity contribution in [3.05, 3.63) is 30.6 Å². The van der Waals surface area contributed by atoms with Crippen LogP contribution < -0.4 is 4.74 Å². The molecule has 2 aromatic rings. The fourth-order valence-electron chi connectivity index (χ4n) is 1.16. The lowest BCUT2D eigenvalue weighted by molar-refractivity contribution is 0.415. The Bertz CT molecular complexity index is 364. The molecule has 0 aliphatic heterocycles. The molecule has 2 heteroatoms. The highest BCUT2D eigenvalue weighted by molar-refractivity contribution is 5.83. The van der Waals surface area contributed by atoms with E-state index < -0.39 is 0 Å². The number of methoxy groups -OCH3 is 1. The lowest BCUT2D eigenvalue weighted by atomic mass is 10.2. The highest BCUT2D eigenvalue weighted by Gasteiger charge is 1.94. The molecule has 0 spiro atoms. The van der Waals surface area contributed by atoms with Crippen LogP contribution in [0.5, 0.6) is 5.75 Å². The first kappa shape index (κ1) is 6.28. The maximum absolute atomic E-state index is 5.08. The minimum absolute atomic E-state index is 0.900. The van der Waals surface area contributed by atoms with Crippen LogP contribution >= 0.6 is 0 Å². The second-order valence-electron chi connectivity index (χ2n) is 2.45. The molecule has 0 bridgehead atoms. The van der Waals surface area contributed by atoms with Gasteiger partial charge < -0.3 is 9.72 Å². The highest BCUT2D eigenvalue weighted by atomic mass is 16.5. The Morgan fingerprint density at radius 1 is 1.18 bits per heavy atom. The van der Waals surface area contributed by atoms with Crippen LogP contribution in [0.4, 0.5) is 0 Å². The summed E-state index contributed by atoms with van der Waals surface area (Å²) in [5.41, 5.74) is 0. The monoisotopic (exact) mass is 147 g/mol. The topological polar surface area (TPSA) is 25.0 Å². The van der Waals surface area contributed by atoms with Crippen LogP contribution in [0.1, 0.15) is 0 Å². The first-order valence-corrected chi connectivity index (χ1v) is 3.51. The predicted octanol–water partition coefficient (Wildman–Crippen LogP) is 2.18. The minimum Gasteiger partial charge on any atom is -0.497 e. The normalized spacial score (nSPS) is 10.3. The Morgan fingerprint density at radius 3 is 2.82 bits per heavy atom. The van der Waals surface area contributed by atoms with Crippen LogP contribution in [0.25, 0.3) is 10.8 Å². The molecule has 1 heterocycles. The van der Waals surface area contributed by atoms with Crippen LogP contribution in [0.2, 0.25) is 0 Å². The highest BCUT2D eigenvalue weighted by Crippen LogP contribution is 2.19. The van der Waals surface area contributed by atoms with E-state index in [0.29, 0.717) is 0 Å². The van der Waals surface area contributed by atoms with E-state index in [2.05, 4.69) is 4.98 Å². The number of benzene rings is 1. The third kappa shape index (κ3) is 0.963. The summed E-state index contributed by atoms with van der Waals surface area (Å²) >= 11 is 0. The maximum atomic E-state index is 5.08. The largest absolute Gasteiger partial charge is 0.497 e. The van der Waals surface area contributed by atoms with Crippen LogP contribution in [-0.4, -0.2) is 12.1 Å². The van der Waals surface area contributed by atoms with Gasteiger partial charge >= 0.3 is 0 Å². The number of hydrogen-bond donors (Lipinski definition) is 1. The van der Waals surface area contributed by atoms with E-state index in [4.69, 9.17) is 4.74 Å². The smallest absolute Gasteiger partial charge is 0.119 e. The van der Waals surface area contributed by atoms with Crippen LogP contribution in [0.3, 0.4) is 0 Å². The Kier molecular flexibility index (Phi) is 1.32. The van der Waals surface area contributed by atoms with Gasteiger partial charge in [0.2, 0.25) is 0 Å². The predicted molar refractivity (Wildman–Crippen MR) is 44.9 cm³/mol. The fraction of sp³-hybridized carbons (Fsp3) is 0.111. The summed E-state index contributed by atoms with van der Waals surface area (Å²) in [6.45, 7) is 0. The van der Waals surface area contributed by atoms with E-state index >= 15 is 0 Å². The molecule has 56 valence electrons. The van der Waals surface area contributed by atoms with Crippen molar-refractivity contribution in [2.75, 3.05) is 7.11 Å². The Labute approximate surface area is 64.8 Å². The second-order valence-corrected chi connectivity index (χ2v) is 2.45. The van der Waals surface area contributed by atoms with Crippen molar-refractivity contribution in [1.82, 2.24) is 4.98 Å². The summed E-state index contributed by atoms with van der Waals surface area (Å²) in [6.07, 6.45) is 3.92. The quantitative estimate of drug-likeness (QED) is 0.657. The van der Waals surface area contributed by atoms with E-state index in [1.165, 1.54) is 10.8 Å². The standard InChI is InChI=1S/C9H9NO/c1-11-9-3-2-7-5-10-6-8(7)4-9/h2-6,10H,1H3. The molecule has 0 amide bonds. The van der Waals surface area contributed by atoms with E-state index in [1.807, 2.05) is 30.6 Å². The van der Waals surface area contributed by atoms with E-state index in [-0.39, 0.29) is 0 Å². The zero-order valence-electron chi connectivity index (χ0n) is 6.29. The Balaban J connectivity index is 2.67. The molecule has 11 heavy (non-hydrogen) atoms. The van der Waals surface area contributed by atoms with Crippen molar-refractivity contribution in [2.45, 2.75) is 0 Å². The number of ether oxygens (including phenoxy) is 1. The van der Waals surface area contributed by atoms with Crippen molar-refractivity contribution >= 4 is 10.8 Å². The molecule has 1 N–H and O–H groups in total. The van der Waals surface area contributed by atoms with Gasteiger partial charge in [0.05, 0.1) is 7.11 Å². The molecule has 0 aliphatic rings. The van der Waals surface area contributed by atoms with Gasteiger partial charge in [0.25, 0.3) is 0 Å². The number of nitrogens with one attached hydrogen (secondary N) is 1. The molecule has 0 radical (unpaired) electrons. The average molecular weight is 147 g/mol. The summed E-state index contributed by atoms with van der Waals surface area (Å²) in [6, 6.07) is 5.99. The molecule has 0 aliphatic carbocycles. The SMILES string of the molecule is COc1ccc2c[nH]cc2c1. The first-order chi connectivity index (χ1) is 5.40. The van der Waals surface area contributed by atoms with Crippen molar-refractivity contribution in [3.8, 4) is 5.75 Å². The number of H-pyrrole nitrogens is 1. The number of rotatable bonds is 1. The average Bonchev–Trinajstić information content (AvgIpc) is 2.50. The van der Waals surface area contributed by atoms with E-state index in [1.54, 1.807) is 7.11 Å². The van der Waals surface area contributed by atoms with Gasteiger partial charge in [-0.1, -0.05) is 0 Å². The van der Waals surface area contributed by atoms with Crippen molar-refractivity contribution < 1.29 is 4.74 Å². The molecule has 0 saturated carbocycles. The molecule has 0 fully saturated rings. The van der Waals surface area contributed by atoms with Gasteiger partial charge in [-0.05, 0) is 23.6 Å². The number of aromatic nitrogens is 1. The van der Waals surface area contributed by atoms with Gasteiger partial charge in [-0.15, -0.1) is 0 Å². The van der Waals surface area contributed by atoms with Crippen LogP contribution in [-0.2, 0) is 0 Å². The molecule has 1 aromatic carbocycles. The minimum atomic E-state index is 0.900. The van der Waals surface area contributed by atoms with Crippen molar-refractivity contribution in [1.29, 1.82) is 0 Å². The third-order valence-corrected chi connectivity index (χ3v) is 1.77. The van der Waals surface area contributed by atoms with Gasteiger partial charge in [0.15, 0.2) is 0 Å². The van der Waals surface area contributed by atoms with Crippen molar-refractivity contribution in [2.24, 2.45) is 0 Å². The molecular weight excluding hydrogens is 138 g/mol. The summed E-state index contributed by atoms with van der Waals surface area (Å²) < 4.78 is 5.08. The molecule has 0 atom stereocenters. The molecular formula is C9H9NO.